The minimum absolute atomic E-state index is 0.178. The molecule has 3 rings (SSSR count). The smallest absolute Gasteiger partial charge is 0.125 e. The predicted molar refractivity (Wildman–Crippen MR) is 122 cm³/mol. The van der Waals surface area contributed by atoms with Gasteiger partial charge in [0, 0.05) is 30.5 Å². The first kappa shape index (κ1) is 21.2. The lowest BCUT2D eigenvalue weighted by Crippen LogP contribution is -2.37. The number of ether oxygens (including phenoxy) is 1. The van der Waals surface area contributed by atoms with Crippen LogP contribution in [0.2, 0.25) is 0 Å². The van der Waals surface area contributed by atoms with Crippen LogP contribution in [0.4, 0.5) is 17.1 Å². The van der Waals surface area contributed by atoms with E-state index < -0.39 is 10.8 Å². The van der Waals surface area contributed by atoms with E-state index >= 15 is 0 Å². The zero-order chi connectivity index (χ0) is 20.8. The van der Waals surface area contributed by atoms with Gasteiger partial charge >= 0.3 is 0 Å². The Balaban J connectivity index is 1.71. The Morgan fingerprint density at radius 1 is 1.31 bits per heavy atom. The number of rotatable bonds is 8. The molecule has 0 amide bonds. The third-order valence-electron chi connectivity index (χ3n) is 5.07. The number of nitrogens with one attached hydrogen (secondary N) is 2. The third kappa shape index (κ3) is 4.90. The molecular weight excluding hydrogens is 384 g/mol. The maximum absolute atomic E-state index is 13.0. The van der Waals surface area contributed by atoms with Gasteiger partial charge in [0.2, 0.25) is 0 Å². The molecule has 1 aromatic heterocycles. The van der Waals surface area contributed by atoms with E-state index in [2.05, 4.69) is 64.8 Å². The monoisotopic (exact) mass is 414 g/mol. The van der Waals surface area contributed by atoms with Gasteiger partial charge in [-0.3, -0.25) is 9.19 Å². The van der Waals surface area contributed by atoms with Crippen LogP contribution in [0.1, 0.15) is 31.5 Å². The molecule has 2 heterocycles. The summed E-state index contributed by atoms with van der Waals surface area (Å²) in [4.78, 5) is 6.61. The fourth-order valence-corrected chi connectivity index (χ4v) is 4.63. The normalized spacial score (nSPS) is 16.6. The van der Waals surface area contributed by atoms with Gasteiger partial charge < -0.3 is 20.3 Å². The van der Waals surface area contributed by atoms with Crippen molar-refractivity contribution in [3.05, 3.63) is 54.0 Å². The van der Waals surface area contributed by atoms with Crippen molar-refractivity contribution >= 4 is 27.9 Å². The Bertz CT molecular complexity index is 900. The average molecular weight is 415 g/mol. The van der Waals surface area contributed by atoms with Crippen LogP contribution in [-0.4, -0.2) is 34.8 Å². The van der Waals surface area contributed by atoms with Gasteiger partial charge in [-0.2, -0.15) is 0 Å². The van der Waals surface area contributed by atoms with Gasteiger partial charge in [-0.05, 0) is 50.7 Å². The van der Waals surface area contributed by atoms with Crippen molar-refractivity contribution in [3.63, 3.8) is 0 Å². The summed E-state index contributed by atoms with van der Waals surface area (Å²) in [6, 6.07) is 8.11. The number of fused-ring (bicyclic) bond motifs is 1. The van der Waals surface area contributed by atoms with E-state index in [1.807, 2.05) is 13.0 Å². The summed E-state index contributed by atoms with van der Waals surface area (Å²) in [5, 5.41) is 6.70. The lowest BCUT2D eigenvalue weighted by Gasteiger charge is -2.29. The molecule has 0 spiro atoms. The standard InChI is InChI=1S/C22H30N4O2S/c1-5-7-12-26(6-2)17-8-9-18-19(13-17)24-14-22(25-18)29(27)15-20-16(3)21(28-4)10-11-23-20/h7-13,22,24-25H,5-6,14-15H2,1-4H3/b12-7-. The van der Waals surface area contributed by atoms with Gasteiger partial charge in [-0.25, -0.2) is 0 Å². The number of aromatic nitrogens is 1. The van der Waals surface area contributed by atoms with Crippen LogP contribution >= 0.6 is 0 Å². The first-order valence-electron chi connectivity index (χ1n) is 10.0. The number of hydrogen-bond donors (Lipinski definition) is 2. The summed E-state index contributed by atoms with van der Waals surface area (Å²) in [6.45, 7) is 7.73. The Hall–Kier alpha value is -2.54. The van der Waals surface area contributed by atoms with Gasteiger partial charge in [0.1, 0.15) is 11.1 Å². The number of pyridine rings is 1. The molecule has 2 aromatic rings. The average Bonchev–Trinajstić information content (AvgIpc) is 2.75. The predicted octanol–water partition coefficient (Wildman–Crippen LogP) is 4.26. The first-order chi connectivity index (χ1) is 14.1. The summed E-state index contributed by atoms with van der Waals surface area (Å²) < 4.78 is 18.3. The molecule has 1 aliphatic rings. The van der Waals surface area contributed by atoms with Crippen LogP contribution in [0.25, 0.3) is 0 Å². The van der Waals surface area contributed by atoms with Crippen LogP contribution in [-0.2, 0) is 16.6 Å². The molecular formula is C22H30N4O2S. The molecule has 7 heteroatoms. The Labute approximate surface area is 175 Å². The molecule has 0 bridgehead atoms. The minimum atomic E-state index is -1.12. The maximum atomic E-state index is 13.0. The summed E-state index contributed by atoms with van der Waals surface area (Å²) >= 11 is 0. The second-order valence-electron chi connectivity index (χ2n) is 6.93. The lowest BCUT2D eigenvalue weighted by atomic mass is 10.2. The topological polar surface area (TPSA) is 66.5 Å². The number of benzene rings is 1. The van der Waals surface area contributed by atoms with E-state index in [1.54, 1.807) is 13.3 Å². The van der Waals surface area contributed by atoms with Crippen molar-refractivity contribution in [2.45, 2.75) is 38.3 Å². The highest BCUT2D eigenvalue weighted by Gasteiger charge is 2.24. The molecule has 0 fully saturated rings. The number of methoxy groups -OCH3 is 1. The SMILES string of the molecule is CC/C=C\N(CC)c1ccc2c(c1)NCC(S(=O)Cc1nccc(OC)c1C)N2. The third-order valence-corrected chi connectivity index (χ3v) is 6.54. The van der Waals surface area contributed by atoms with E-state index in [0.717, 1.165) is 47.0 Å². The summed E-state index contributed by atoms with van der Waals surface area (Å²) in [7, 11) is 0.519. The van der Waals surface area contributed by atoms with Crippen molar-refractivity contribution in [2.75, 3.05) is 35.7 Å². The number of hydrogen-bond acceptors (Lipinski definition) is 6. The summed E-state index contributed by atoms with van der Waals surface area (Å²) in [6.07, 6.45) is 6.99. The highest BCUT2D eigenvalue weighted by atomic mass is 32.2. The van der Waals surface area contributed by atoms with Crippen molar-refractivity contribution in [2.24, 2.45) is 0 Å². The van der Waals surface area contributed by atoms with Crippen LogP contribution in [0.15, 0.2) is 42.7 Å². The lowest BCUT2D eigenvalue weighted by molar-refractivity contribution is 0.410. The highest BCUT2D eigenvalue weighted by molar-refractivity contribution is 7.85. The second kappa shape index (κ2) is 9.78. The molecule has 1 aliphatic heterocycles. The van der Waals surface area contributed by atoms with Gasteiger partial charge in [0.25, 0.3) is 0 Å². The van der Waals surface area contributed by atoms with Gasteiger partial charge in [0.05, 0.1) is 40.7 Å². The van der Waals surface area contributed by atoms with Crippen molar-refractivity contribution in [3.8, 4) is 5.75 Å². The minimum Gasteiger partial charge on any atom is -0.496 e. The summed E-state index contributed by atoms with van der Waals surface area (Å²) in [5.41, 5.74) is 4.91. The van der Waals surface area contributed by atoms with E-state index in [-0.39, 0.29) is 5.37 Å². The van der Waals surface area contributed by atoms with Crippen LogP contribution in [0.5, 0.6) is 5.75 Å². The van der Waals surface area contributed by atoms with Crippen molar-refractivity contribution < 1.29 is 8.95 Å². The zero-order valence-corrected chi connectivity index (χ0v) is 18.4. The molecule has 2 unspecified atom stereocenters. The van der Waals surface area contributed by atoms with Crippen LogP contribution in [0.3, 0.4) is 0 Å². The first-order valence-corrected chi connectivity index (χ1v) is 11.4. The van der Waals surface area contributed by atoms with E-state index in [9.17, 15) is 4.21 Å². The Morgan fingerprint density at radius 2 is 2.14 bits per heavy atom. The van der Waals surface area contributed by atoms with Gasteiger partial charge in [0.15, 0.2) is 0 Å². The van der Waals surface area contributed by atoms with E-state index in [1.165, 1.54) is 0 Å². The molecule has 2 N–H and O–H groups in total. The van der Waals surface area contributed by atoms with Crippen LogP contribution in [0, 0.1) is 6.92 Å². The van der Waals surface area contributed by atoms with E-state index in [4.69, 9.17) is 4.74 Å². The molecule has 2 atom stereocenters. The Morgan fingerprint density at radius 3 is 2.86 bits per heavy atom. The molecule has 156 valence electrons. The van der Waals surface area contributed by atoms with Crippen molar-refractivity contribution in [1.82, 2.24) is 4.98 Å². The molecule has 1 aromatic carbocycles. The van der Waals surface area contributed by atoms with Gasteiger partial charge in [-0.15, -0.1) is 0 Å². The largest absolute Gasteiger partial charge is 0.496 e. The molecule has 0 saturated carbocycles. The molecule has 29 heavy (non-hydrogen) atoms. The maximum Gasteiger partial charge on any atom is 0.125 e. The second-order valence-corrected chi connectivity index (χ2v) is 8.55. The zero-order valence-electron chi connectivity index (χ0n) is 17.6. The fourth-order valence-electron chi connectivity index (χ4n) is 3.34. The fraction of sp³-hybridized carbons (Fsp3) is 0.409. The molecule has 0 radical (unpaired) electrons. The van der Waals surface area contributed by atoms with Crippen LogP contribution < -0.4 is 20.3 Å². The number of anilines is 3. The highest BCUT2D eigenvalue weighted by Crippen LogP contribution is 2.32. The van der Waals surface area contributed by atoms with Crippen molar-refractivity contribution in [1.29, 1.82) is 0 Å². The molecule has 0 saturated heterocycles. The quantitative estimate of drug-likeness (QED) is 0.673. The van der Waals surface area contributed by atoms with Gasteiger partial charge in [-0.1, -0.05) is 13.0 Å². The molecule has 0 aliphatic carbocycles. The summed E-state index contributed by atoms with van der Waals surface area (Å²) in [5.74, 6) is 1.17. The number of allylic oxidation sites excluding steroid dienone is 1. The number of nitrogens with zero attached hydrogens (tertiary/aromatic N) is 2. The Kier molecular flexibility index (Phi) is 7.14. The van der Waals surface area contributed by atoms with E-state index in [0.29, 0.717) is 12.3 Å². The molecule has 6 nitrogen and oxygen atoms in total.